The van der Waals surface area contributed by atoms with Gasteiger partial charge in [-0.15, -0.1) is 15.3 Å². The van der Waals surface area contributed by atoms with Gasteiger partial charge in [0.25, 0.3) is 0 Å². The smallest absolute Gasteiger partial charge is 0.229 e. The van der Waals surface area contributed by atoms with Gasteiger partial charge in [-0.1, -0.05) is 18.2 Å². The van der Waals surface area contributed by atoms with Crippen LogP contribution in [0.3, 0.4) is 0 Å². The summed E-state index contributed by atoms with van der Waals surface area (Å²) in [4.78, 5) is 14.7. The van der Waals surface area contributed by atoms with Crippen molar-refractivity contribution in [3.05, 3.63) is 48.8 Å². The summed E-state index contributed by atoms with van der Waals surface area (Å²) >= 11 is 0. The summed E-state index contributed by atoms with van der Waals surface area (Å²) in [5, 5.41) is 15.3. The van der Waals surface area contributed by atoms with E-state index in [0.717, 1.165) is 30.9 Å². The van der Waals surface area contributed by atoms with Crippen LogP contribution in [0.25, 0.3) is 5.65 Å². The molecule has 0 radical (unpaired) electrons. The summed E-state index contributed by atoms with van der Waals surface area (Å²) in [6.07, 6.45) is 3.45. The normalized spacial score (nSPS) is 17.8. The number of hydrogen-bond donors (Lipinski definition) is 1. The number of hydrogen-bond acceptors (Lipinski definition) is 5. The standard InChI is InChI=1S/C17H18N6O/c24-17(19-14-6-2-1-3-7-14)13-5-4-10-22(11-13)16-9-8-15-20-18-12-23(15)21-16/h1-3,6-9,12-13H,4-5,10-11H2,(H,19,24)/t13-/m0/s1. The first kappa shape index (κ1) is 14.6. The number of amides is 1. The second-order valence-corrected chi connectivity index (χ2v) is 5.97. The zero-order valence-corrected chi connectivity index (χ0v) is 13.2. The molecule has 1 atom stereocenters. The van der Waals surface area contributed by atoms with Crippen LogP contribution in [-0.2, 0) is 4.79 Å². The number of nitrogens with zero attached hydrogens (tertiary/aromatic N) is 5. The number of aromatic nitrogens is 4. The topological polar surface area (TPSA) is 75.4 Å². The molecule has 24 heavy (non-hydrogen) atoms. The van der Waals surface area contributed by atoms with Crippen molar-refractivity contribution in [1.29, 1.82) is 0 Å². The van der Waals surface area contributed by atoms with E-state index < -0.39 is 0 Å². The summed E-state index contributed by atoms with van der Waals surface area (Å²) in [6.45, 7) is 1.56. The number of nitrogens with one attached hydrogen (secondary N) is 1. The predicted octanol–water partition coefficient (Wildman–Crippen LogP) is 1.98. The molecule has 1 aliphatic heterocycles. The summed E-state index contributed by atoms with van der Waals surface area (Å²) < 4.78 is 1.66. The lowest BCUT2D eigenvalue weighted by Crippen LogP contribution is -2.41. The molecule has 0 unspecified atom stereocenters. The largest absolute Gasteiger partial charge is 0.354 e. The third-order valence-electron chi connectivity index (χ3n) is 4.31. The molecule has 1 aromatic carbocycles. The van der Waals surface area contributed by atoms with Crippen LogP contribution in [0.5, 0.6) is 0 Å². The van der Waals surface area contributed by atoms with Crippen molar-refractivity contribution in [2.45, 2.75) is 12.8 Å². The van der Waals surface area contributed by atoms with Crippen molar-refractivity contribution in [2.75, 3.05) is 23.3 Å². The highest BCUT2D eigenvalue weighted by molar-refractivity contribution is 5.93. The van der Waals surface area contributed by atoms with E-state index in [1.165, 1.54) is 0 Å². The first-order chi connectivity index (χ1) is 11.8. The molecule has 7 nitrogen and oxygen atoms in total. The lowest BCUT2D eigenvalue weighted by molar-refractivity contribution is -0.120. The zero-order valence-electron chi connectivity index (χ0n) is 13.2. The predicted molar refractivity (Wildman–Crippen MR) is 90.8 cm³/mol. The minimum absolute atomic E-state index is 0.0441. The monoisotopic (exact) mass is 322 g/mol. The quantitative estimate of drug-likeness (QED) is 0.798. The van der Waals surface area contributed by atoms with E-state index in [1.54, 1.807) is 10.8 Å². The molecule has 122 valence electrons. The number of rotatable bonds is 3. The second-order valence-electron chi connectivity index (χ2n) is 5.97. The van der Waals surface area contributed by atoms with Gasteiger partial charge in [-0.2, -0.15) is 4.52 Å². The van der Waals surface area contributed by atoms with Crippen molar-refractivity contribution in [1.82, 2.24) is 19.8 Å². The number of benzene rings is 1. The molecule has 0 saturated carbocycles. The number of anilines is 2. The zero-order chi connectivity index (χ0) is 16.4. The molecular weight excluding hydrogens is 304 g/mol. The highest BCUT2D eigenvalue weighted by Crippen LogP contribution is 2.23. The van der Waals surface area contributed by atoms with E-state index in [2.05, 4.69) is 25.5 Å². The van der Waals surface area contributed by atoms with Gasteiger partial charge in [0.2, 0.25) is 5.91 Å². The van der Waals surface area contributed by atoms with Gasteiger partial charge in [-0.3, -0.25) is 4.79 Å². The van der Waals surface area contributed by atoms with E-state index in [0.29, 0.717) is 12.2 Å². The van der Waals surface area contributed by atoms with Crippen LogP contribution >= 0.6 is 0 Å². The van der Waals surface area contributed by atoms with Crippen molar-refractivity contribution >= 4 is 23.1 Å². The molecule has 0 bridgehead atoms. The maximum atomic E-state index is 12.5. The van der Waals surface area contributed by atoms with Crippen LogP contribution < -0.4 is 10.2 Å². The number of carbonyl (C=O) groups is 1. The van der Waals surface area contributed by atoms with Gasteiger partial charge in [0, 0.05) is 18.8 Å². The molecule has 0 spiro atoms. The van der Waals surface area contributed by atoms with Gasteiger partial charge in [-0.05, 0) is 37.1 Å². The molecule has 1 N–H and O–H groups in total. The molecule has 3 aromatic rings. The number of piperidine rings is 1. The van der Waals surface area contributed by atoms with Gasteiger partial charge >= 0.3 is 0 Å². The number of carbonyl (C=O) groups excluding carboxylic acids is 1. The van der Waals surface area contributed by atoms with Crippen LogP contribution in [-0.4, -0.2) is 38.8 Å². The molecular formula is C17H18N6O. The third-order valence-corrected chi connectivity index (χ3v) is 4.31. The van der Waals surface area contributed by atoms with Gasteiger partial charge in [-0.25, -0.2) is 0 Å². The van der Waals surface area contributed by atoms with Crippen LogP contribution in [0, 0.1) is 5.92 Å². The Labute approximate surface area is 139 Å². The lowest BCUT2D eigenvalue weighted by Gasteiger charge is -2.32. The fraction of sp³-hybridized carbons (Fsp3) is 0.294. The molecule has 1 amide bonds. The Hall–Kier alpha value is -2.96. The van der Waals surface area contributed by atoms with Gasteiger partial charge in [0.15, 0.2) is 5.65 Å². The number of para-hydroxylation sites is 1. The van der Waals surface area contributed by atoms with Gasteiger partial charge in [0.05, 0.1) is 5.92 Å². The van der Waals surface area contributed by atoms with Crippen molar-refractivity contribution < 1.29 is 4.79 Å². The minimum Gasteiger partial charge on any atom is -0.354 e. The minimum atomic E-state index is -0.0441. The van der Waals surface area contributed by atoms with E-state index in [1.807, 2.05) is 42.5 Å². The fourth-order valence-electron chi connectivity index (χ4n) is 3.05. The van der Waals surface area contributed by atoms with E-state index in [4.69, 9.17) is 0 Å². The Morgan fingerprint density at radius 1 is 1.17 bits per heavy atom. The Balaban J connectivity index is 1.47. The van der Waals surface area contributed by atoms with Crippen molar-refractivity contribution in [2.24, 2.45) is 5.92 Å². The maximum Gasteiger partial charge on any atom is 0.229 e. The molecule has 2 aromatic heterocycles. The van der Waals surface area contributed by atoms with Gasteiger partial charge in [0.1, 0.15) is 12.1 Å². The molecule has 7 heteroatoms. The summed E-state index contributed by atoms with van der Waals surface area (Å²) in [5.74, 6) is 0.869. The number of fused-ring (bicyclic) bond motifs is 1. The summed E-state index contributed by atoms with van der Waals surface area (Å²) in [6, 6.07) is 13.4. The molecule has 1 fully saturated rings. The molecule has 3 heterocycles. The maximum absolute atomic E-state index is 12.5. The molecule has 1 aliphatic rings. The third kappa shape index (κ3) is 2.92. The molecule has 1 saturated heterocycles. The Morgan fingerprint density at radius 2 is 2.04 bits per heavy atom. The van der Waals surface area contributed by atoms with Gasteiger partial charge < -0.3 is 10.2 Å². The summed E-state index contributed by atoms with van der Waals surface area (Å²) in [5.41, 5.74) is 1.55. The van der Waals surface area contributed by atoms with Crippen LogP contribution in [0.15, 0.2) is 48.8 Å². The first-order valence-corrected chi connectivity index (χ1v) is 8.07. The van der Waals surface area contributed by atoms with Crippen LogP contribution in [0.1, 0.15) is 12.8 Å². The highest BCUT2D eigenvalue weighted by atomic mass is 16.1. The van der Waals surface area contributed by atoms with Crippen LogP contribution in [0.2, 0.25) is 0 Å². The Kier molecular flexibility index (Phi) is 3.82. The van der Waals surface area contributed by atoms with Crippen LogP contribution in [0.4, 0.5) is 11.5 Å². The average molecular weight is 322 g/mol. The first-order valence-electron chi connectivity index (χ1n) is 8.07. The van der Waals surface area contributed by atoms with Crippen molar-refractivity contribution in [3.63, 3.8) is 0 Å². The molecule has 4 rings (SSSR count). The highest BCUT2D eigenvalue weighted by Gasteiger charge is 2.26. The van der Waals surface area contributed by atoms with E-state index in [-0.39, 0.29) is 11.8 Å². The Morgan fingerprint density at radius 3 is 2.92 bits per heavy atom. The lowest BCUT2D eigenvalue weighted by atomic mass is 9.97. The van der Waals surface area contributed by atoms with E-state index >= 15 is 0 Å². The van der Waals surface area contributed by atoms with Crippen molar-refractivity contribution in [3.8, 4) is 0 Å². The Bertz CT molecular complexity index is 846. The molecule has 0 aliphatic carbocycles. The average Bonchev–Trinajstić information content (AvgIpc) is 3.10. The second kappa shape index (κ2) is 6.27. The SMILES string of the molecule is O=C(Nc1ccccc1)[C@H]1CCCN(c2ccc3nncn3n2)C1. The fourth-order valence-corrected chi connectivity index (χ4v) is 3.05. The van der Waals surface area contributed by atoms with E-state index in [9.17, 15) is 4.79 Å². The summed E-state index contributed by atoms with van der Waals surface area (Å²) in [7, 11) is 0.